The molecular weight excluding hydrogens is 694 g/mol. The molecule has 0 bridgehead atoms. The van der Waals surface area contributed by atoms with Crippen LogP contribution in [0, 0.1) is 0 Å². The lowest BCUT2D eigenvalue weighted by Gasteiger charge is -2.39. The molecule has 2 aliphatic rings. The van der Waals surface area contributed by atoms with Crippen molar-refractivity contribution >= 4 is 83.5 Å². The molecule has 0 aliphatic carbocycles. The lowest BCUT2D eigenvalue weighted by Crippen LogP contribution is -2.44. The topological polar surface area (TPSA) is 109 Å². The number of hydrogen-bond acceptors (Lipinski definition) is 6. The molecule has 2 aliphatic heterocycles. The Hall–Kier alpha value is 1.80. The molecule has 2 heterocycles. The van der Waals surface area contributed by atoms with Crippen LogP contribution in [0.3, 0.4) is 0 Å². The van der Waals surface area contributed by atoms with Crippen molar-refractivity contribution in [1.29, 1.82) is 0 Å². The maximum atomic E-state index is 12.5. The van der Waals surface area contributed by atoms with Crippen molar-refractivity contribution in [3.63, 3.8) is 0 Å². The normalized spacial score (nSPS) is 27.5. The minimum Gasteiger partial charge on any atom is -0.366 e. The van der Waals surface area contributed by atoms with Crippen LogP contribution in [-0.2, 0) is 26.0 Å². The van der Waals surface area contributed by atoms with Gasteiger partial charge in [0.15, 0.2) is 0 Å². The number of methoxy groups -OCH3 is 1. The summed E-state index contributed by atoms with van der Waals surface area (Å²) in [4.78, 5) is 0. The molecule has 2 fully saturated rings. The maximum Gasteiger partial charge on any atom is 0.365 e. The van der Waals surface area contributed by atoms with Crippen LogP contribution >= 0.6 is 83.5 Å². The van der Waals surface area contributed by atoms with Gasteiger partial charge in [0.1, 0.15) is 6.23 Å². The number of halogens is 6. The Morgan fingerprint density at radius 3 is 2.03 bits per heavy atom. The molecule has 0 spiro atoms. The van der Waals surface area contributed by atoms with Crippen molar-refractivity contribution in [2.75, 3.05) is 76.6 Å². The smallest absolute Gasteiger partial charge is 0.365 e. The van der Waals surface area contributed by atoms with E-state index < -0.39 is 37.1 Å². The van der Waals surface area contributed by atoms with Crippen molar-refractivity contribution in [2.45, 2.75) is 26.5 Å². The van der Waals surface area contributed by atoms with Gasteiger partial charge < -0.3 is 13.8 Å². The second kappa shape index (κ2) is 22.8. The van der Waals surface area contributed by atoms with Gasteiger partial charge in [-0.05, 0) is 6.42 Å². The minimum absolute atomic E-state index is 0. The van der Waals surface area contributed by atoms with E-state index in [4.69, 9.17) is 63.3 Å². The fourth-order valence-electron chi connectivity index (χ4n) is 2.91. The summed E-state index contributed by atoms with van der Waals surface area (Å²) in [6, 6.07) is 0. The second-order valence-corrected chi connectivity index (χ2v) is 12.4. The highest BCUT2D eigenvalue weighted by Gasteiger charge is 2.40. The Morgan fingerprint density at radius 1 is 1.00 bits per heavy atom. The zero-order valence-corrected chi connectivity index (χ0v) is 25.2. The third-order valence-electron chi connectivity index (χ3n) is 4.24. The van der Waals surface area contributed by atoms with Crippen LogP contribution in [0.2, 0.25) is 0 Å². The molecule has 2 N–H and O–H groups in total. The summed E-state index contributed by atoms with van der Waals surface area (Å²) in [6.45, 7) is 3.64. The van der Waals surface area contributed by atoms with Gasteiger partial charge in [-0.3, -0.25) is 9.13 Å². The predicted molar refractivity (Wildman–Crippen MR) is 147 cm³/mol. The van der Waals surface area contributed by atoms with E-state index in [2.05, 4.69) is 10.2 Å². The first-order valence-corrected chi connectivity index (χ1v) is 17.0. The Labute approximate surface area is 233 Å². The van der Waals surface area contributed by atoms with E-state index in [1.807, 2.05) is 0 Å². The molecule has 3 unspecified atom stereocenters. The SMILES string of the molecule is C.COC1CCOP(=O)(NCCCl)N1CCCl.O=IF.O=P1(NCCCl)OCCCN1CCCl. The summed E-state index contributed by atoms with van der Waals surface area (Å²) in [6.07, 6.45) is 1.35. The third-order valence-corrected chi connectivity index (χ3v) is 9.55. The van der Waals surface area contributed by atoms with Crippen molar-refractivity contribution in [3.05, 3.63) is 0 Å². The highest BCUT2D eigenvalue weighted by molar-refractivity contribution is 14.1. The number of nitrogens with one attached hydrogen (secondary N) is 2. The molecule has 18 heteroatoms. The van der Waals surface area contributed by atoms with Gasteiger partial charge in [-0.25, -0.2) is 17.9 Å². The molecule has 0 aromatic heterocycles. The summed E-state index contributed by atoms with van der Waals surface area (Å²) < 4.78 is 62.2. The number of ether oxygens (including phenoxy) is 1. The Morgan fingerprint density at radius 2 is 1.53 bits per heavy atom. The largest absolute Gasteiger partial charge is 0.366 e. The molecule has 34 heavy (non-hydrogen) atoms. The molecule has 0 aromatic rings. The van der Waals surface area contributed by atoms with E-state index in [0.717, 1.165) is 13.0 Å². The highest BCUT2D eigenvalue weighted by atomic mass is 127. The summed E-state index contributed by atoms with van der Waals surface area (Å²) in [5.41, 5.74) is 0. The van der Waals surface area contributed by atoms with Crippen LogP contribution in [0.1, 0.15) is 20.3 Å². The maximum absolute atomic E-state index is 12.5. The van der Waals surface area contributed by atoms with Gasteiger partial charge in [-0.1, -0.05) is 7.43 Å². The summed E-state index contributed by atoms with van der Waals surface area (Å²) >= 11 is 20.2. The zero-order chi connectivity index (χ0) is 25.2. The molecule has 3 atom stereocenters. The molecule has 0 aromatic carbocycles. The summed E-state index contributed by atoms with van der Waals surface area (Å²) in [7, 11) is -4.30. The number of hydrogen-bond donors (Lipinski definition) is 2. The fraction of sp³-hybridized carbons (Fsp3) is 1.00. The lowest BCUT2D eigenvalue weighted by molar-refractivity contribution is -0.0268. The molecule has 10 nitrogen and oxygen atoms in total. The predicted octanol–water partition coefficient (Wildman–Crippen LogP) is 5.56. The molecule has 0 amide bonds. The van der Waals surface area contributed by atoms with E-state index in [1.165, 1.54) is 0 Å². The summed E-state index contributed by atoms with van der Waals surface area (Å²) in [5, 5.41) is 5.69. The monoisotopic (exact) mass is 728 g/mol. The lowest BCUT2D eigenvalue weighted by atomic mass is 10.4. The molecule has 0 saturated carbocycles. The van der Waals surface area contributed by atoms with Gasteiger partial charge in [0.2, 0.25) is 0 Å². The van der Waals surface area contributed by atoms with Crippen LogP contribution in [0.15, 0.2) is 0 Å². The molecule has 2 saturated heterocycles. The average molecular weight is 730 g/mol. The number of rotatable bonds is 11. The molecule has 208 valence electrons. The first kappa shape index (κ1) is 37.9. The Balaban J connectivity index is 0. The van der Waals surface area contributed by atoms with Crippen LogP contribution in [-0.4, -0.2) is 92.1 Å². The Bertz CT molecular complexity index is 624. The quantitative estimate of drug-likeness (QED) is 0.159. The van der Waals surface area contributed by atoms with Crippen LogP contribution in [0.25, 0.3) is 0 Å². The van der Waals surface area contributed by atoms with Crippen LogP contribution in [0.4, 0.5) is 2.86 Å². The van der Waals surface area contributed by atoms with Crippen molar-refractivity contribution in [3.8, 4) is 0 Å². The van der Waals surface area contributed by atoms with Gasteiger partial charge in [-0.2, -0.15) is 4.67 Å². The van der Waals surface area contributed by atoms with E-state index in [9.17, 15) is 12.0 Å². The van der Waals surface area contributed by atoms with Crippen molar-refractivity contribution in [2.24, 2.45) is 0 Å². The van der Waals surface area contributed by atoms with E-state index in [1.54, 1.807) is 16.5 Å². The first-order chi connectivity index (χ1) is 15.8. The van der Waals surface area contributed by atoms with Gasteiger partial charge in [0.05, 0.1) is 13.2 Å². The van der Waals surface area contributed by atoms with Gasteiger partial charge in [0.25, 0.3) is 0 Å². The first-order valence-electron chi connectivity index (χ1n) is 9.99. The fourth-order valence-corrected chi connectivity index (χ4v) is 8.06. The van der Waals surface area contributed by atoms with E-state index in [0.29, 0.717) is 69.3 Å². The average Bonchev–Trinajstić information content (AvgIpc) is 2.81. The zero-order valence-electron chi connectivity index (χ0n) is 18.3. The standard InChI is InChI=1S/C8H17Cl2N2O3P.C7H15Cl2N2O2P.CH4.FIO/c1-14-8-2-7-15-16(13,11-5-3-9)12(8)6-4-10;8-2-4-10-14(12)11(6-3-9)5-1-7-13-14;;1-2-3/h8H,2-7H2,1H3,(H,11,13);1-7H2,(H,10,12);1H4;. The van der Waals surface area contributed by atoms with E-state index in [-0.39, 0.29) is 13.7 Å². The van der Waals surface area contributed by atoms with Crippen molar-refractivity contribution < 1.29 is 28.8 Å². The van der Waals surface area contributed by atoms with Crippen LogP contribution < -0.4 is 10.2 Å². The molecule has 2 rings (SSSR count). The van der Waals surface area contributed by atoms with Crippen molar-refractivity contribution in [1.82, 2.24) is 19.5 Å². The second-order valence-electron chi connectivity index (χ2n) is 6.29. The molecular formula is C16H36Cl4FIN4O6P2. The third kappa shape index (κ3) is 14.1. The number of nitrogens with zero attached hydrogens (tertiary/aromatic N) is 2. The minimum atomic E-state index is -3.04. The van der Waals surface area contributed by atoms with Gasteiger partial charge in [-0.15, -0.1) is 49.3 Å². The van der Waals surface area contributed by atoms with Gasteiger partial charge >= 0.3 is 37.1 Å². The summed E-state index contributed by atoms with van der Waals surface area (Å²) in [5.74, 6) is 1.62. The van der Waals surface area contributed by atoms with Gasteiger partial charge in [0, 0.05) is 69.8 Å². The van der Waals surface area contributed by atoms with E-state index >= 15 is 0 Å². The highest BCUT2D eigenvalue weighted by Crippen LogP contribution is 2.51. The molecule has 0 radical (unpaired) electrons. The van der Waals surface area contributed by atoms with Crippen LogP contribution in [0.5, 0.6) is 0 Å². The number of alkyl halides is 4. The Kier molecular flexibility index (Phi) is 25.4.